The lowest BCUT2D eigenvalue weighted by molar-refractivity contribution is -0.419. The molecule has 0 aromatic heterocycles. The van der Waals surface area contributed by atoms with Crippen LogP contribution in [-0.2, 0) is 9.53 Å². The van der Waals surface area contributed by atoms with E-state index in [9.17, 15) is 14.9 Å². The van der Waals surface area contributed by atoms with Crippen LogP contribution in [0.5, 0.6) is 0 Å². The summed E-state index contributed by atoms with van der Waals surface area (Å²) in [6.07, 6.45) is 5.50. The molecular weight excluding hydrogens is 260 g/mol. The van der Waals surface area contributed by atoms with Crippen molar-refractivity contribution < 1.29 is 14.5 Å². The van der Waals surface area contributed by atoms with Crippen LogP contribution in [0.1, 0.15) is 27.2 Å². The van der Waals surface area contributed by atoms with Crippen molar-refractivity contribution in [2.45, 2.75) is 33.2 Å². The topological polar surface area (TPSA) is 81.5 Å². The number of rotatable bonds is 4. The highest BCUT2D eigenvalue weighted by Gasteiger charge is 2.39. The van der Waals surface area contributed by atoms with Crippen molar-refractivity contribution in [1.82, 2.24) is 5.32 Å². The zero-order valence-electron chi connectivity index (χ0n) is 11.8. The molecule has 1 heterocycles. The van der Waals surface area contributed by atoms with Crippen molar-refractivity contribution in [1.29, 1.82) is 0 Å². The van der Waals surface area contributed by atoms with Gasteiger partial charge in [0.1, 0.15) is 5.41 Å². The Hall–Kier alpha value is -2.11. The SMILES string of the molecule is CCOC(=O)C(C)(C)C1=CC2=CC([N+](=O)[O-])=CCC2N1. The van der Waals surface area contributed by atoms with E-state index in [0.29, 0.717) is 13.0 Å². The van der Waals surface area contributed by atoms with E-state index in [0.717, 1.165) is 11.3 Å². The third kappa shape index (κ3) is 2.45. The molecule has 2 rings (SSSR count). The van der Waals surface area contributed by atoms with Crippen LogP contribution < -0.4 is 5.32 Å². The number of nitrogens with zero attached hydrogens (tertiary/aromatic N) is 1. The molecule has 0 saturated carbocycles. The van der Waals surface area contributed by atoms with Crippen molar-refractivity contribution in [2.75, 3.05) is 6.61 Å². The van der Waals surface area contributed by atoms with Crippen LogP contribution in [0.4, 0.5) is 0 Å². The van der Waals surface area contributed by atoms with Gasteiger partial charge in [-0.1, -0.05) is 0 Å². The molecule has 0 bridgehead atoms. The Morgan fingerprint density at radius 1 is 1.55 bits per heavy atom. The van der Waals surface area contributed by atoms with Crippen LogP contribution in [0, 0.1) is 15.5 Å². The largest absolute Gasteiger partial charge is 0.465 e. The van der Waals surface area contributed by atoms with E-state index in [1.54, 1.807) is 32.9 Å². The predicted octanol–water partition coefficient (Wildman–Crippen LogP) is 1.92. The molecule has 0 spiro atoms. The summed E-state index contributed by atoms with van der Waals surface area (Å²) in [4.78, 5) is 22.4. The summed E-state index contributed by atoms with van der Waals surface area (Å²) in [7, 11) is 0. The Morgan fingerprint density at radius 3 is 2.85 bits per heavy atom. The molecule has 0 saturated heterocycles. The van der Waals surface area contributed by atoms with E-state index < -0.39 is 10.3 Å². The molecule has 1 atom stereocenters. The second kappa shape index (κ2) is 5.11. The maximum Gasteiger partial charge on any atom is 0.317 e. The van der Waals surface area contributed by atoms with Gasteiger partial charge in [-0.05, 0) is 44.9 Å². The van der Waals surface area contributed by atoms with Crippen molar-refractivity contribution in [3.8, 4) is 0 Å². The van der Waals surface area contributed by atoms with Crippen molar-refractivity contribution >= 4 is 5.97 Å². The minimum absolute atomic E-state index is 0.00222. The maximum absolute atomic E-state index is 12.0. The van der Waals surface area contributed by atoms with Gasteiger partial charge in [-0.3, -0.25) is 14.9 Å². The van der Waals surface area contributed by atoms with E-state index in [1.165, 1.54) is 0 Å². The Bertz CT molecular complexity index is 543. The monoisotopic (exact) mass is 278 g/mol. The second-order valence-electron chi connectivity index (χ2n) is 5.37. The molecule has 0 aromatic rings. The molecule has 0 amide bonds. The number of fused-ring (bicyclic) bond motifs is 1. The quantitative estimate of drug-likeness (QED) is 0.482. The second-order valence-corrected chi connectivity index (χ2v) is 5.37. The van der Waals surface area contributed by atoms with Gasteiger partial charge in [0.05, 0.1) is 17.6 Å². The summed E-state index contributed by atoms with van der Waals surface area (Å²) in [6.45, 7) is 5.65. The van der Waals surface area contributed by atoms with Crippen LogP contribution in [-0.4, -0.2) is 23.5 Å². The maximum atomic E-state index is 12.0. The Kier molecular flexibility index (Phi) is 3.65. The van der Waals surface area contributed by atoms with Gasteiger partial charge in [0.25, 0.3) is 5.70 Å². The van der Waals surface area contributed by atoms with Gasteiger partial charge in [-0.15, -0.1) is 0 Å². The number of hydrogen-bond donors (Lipinski definition) is 1. The van der Waals surface area contributed by atoms with Crippen LogP contribution >= 0.6 is 0 Å². The highest BCUT2D eigenvalue weighted by molar-refractivity contribution is 5.80. The average Bonchev–Trinajstić information content (AvgIpc) is 2.82. The first-order chi connectivity index (χ1) is 9.36. The van der Waals surface area contributed by atoms with Gasteiger partial charge in [0, 0.05) is 11.8 Å². The summed E-state index contributed by atoms with van der Waals surface area (Å²) in [5.41, 5.74) is 0.893. The van der Waals surface area contributed by atoms with E-state index in [4.69, 9.17) is 4.74 Å². The van der Waals surface area contributed by atoms with Crippen LogP contribution in [0.2, 0.25) is 0 Å². The zero-order chi connectivity index (χ0) is 14.9. The molecule has 2 aliphatic rings. The number of carbonyl (C=O) groups is 1. The normalized spacial score (nSPS) is 21.1. The Labute approximate surface area is 117 Å². The minimum atomic E-state index is -0.789. The zero-order valence-corrected chi connectivity index (χ0v) is 11.8. The predicted molar refractivity (Wildman–Crippen MR) is 73.2 cm³/mol. The molecule has 0 aromatic carbocycles. The van der Waals surface area contributed by atoms with E-state index in [1.807, 2.05) is 6.08 Å². The first kappa shape index (κ1) is 14.3. The molecule has 1 unspecified atom stereocenters. The smallest absolute Gasteiger partial charge is 0.317 e. The highest BCUT2D eigenvalue weighted by atomic mass is 16.6. The summed E-state index contributed by atoms with van der Waals surface area (Å²) >= 11 is 0. The highest BCUT2D eigenvalue weighted by Crippen LogP contribution is 2.35. The summed E-state index contributed by atoms with van der Waals surface area (Å²) in [6, 6.07) is 0.00222. The Morgan fingerprint density at radius 2 is 2.25 bits per heavy atom. The molecule has 1 aliphatic heterocycles. The molecule has 6 heteroatoms. The number of esters is 1. The van der Waals surface area contributed by atoms with E-state index in [2.05, 4.69) is 5.32 Å². The van der Waals surface area contributed by atoms with Gasteiger partial charge >= 0.3 is 5.97 Å². The van der Waals surface area contributed by atoms with Crippen LogP contribution in [0.25, 0.3) is 0 Å². The third-order valence-electron chi connectivity index (χ3n) is 3.59. The molecule has 6 nitrogen and oxygen atoms in total. The number of nitro groups is 1. The van der Waals surface area contributed by atoms with Gasteiger partial charge in [0.2, 0.25) is 0 Å². The van der Waals surface area contributed by atoms with Crippen molar-refractivity contribution in [3.05, 3.63) is 45.3 Å². The van der Waals surface area contributed by atoms with Gasteiger partial charge in [-0.2, -0.15) is 0 Å². The van der Waals surface area contributed by atoms with Crippen molar-refractivity contribution in [3.63, 3.8) is 0 Å². The lowest BCUT2D eigenvalue weighted by Crippen LogP contribution is -2.36. The first-order valence-corrected chi connectivity index (χ1v) is 6.58. The molecule has 1 N–H and O–H groups in total. The average molecular weight is 278 g/mol. The fraction of sp³-hybridized carbons (Fsp3) is 0.500. The summed E-state index contributed by atoms with van der Waals surface area (Å²) in [5.74, 6) is -0.305. The molecule has 108 valence electrons. The molecule has 20 heavy (non-hydrogen) atoms. The third-order valence-corrected chi connectivity index (χ3v) is 3.59. The summed E-state index contributed by atoms with van der Waals surface area (Å²) < 4.78 is 5.07. The van der Waals surface area contributed by atoms with Gasteiger partial charge < -0.3 is 10.1 Å². The van der Waals surface area contributed by atoms with E-state index >= 15 is 0 Å². The van der Waals surface area contributed by atoms with Crippen LogP contribution in [0.15, 0.2) is 35.2 Å². The first-order valence-electron chi connectivity index (χ1n) is 6.58. The standard InChI is InChI=1S/C14H18N2O4/c1-4-20-13(17)14(2,3)12-8-9-7-10(16(18)19)5-6-11(9)15-12/h5,7-8,11,15H,4,6H2,1-3H3. The molecule has 1 aliphatic carbocycles. The number of hydrogen-bond acceptors (Lipinski definition) is 5. The number of allylic oxidation sites excluding steroid dienone is 1. The number of carbonyl (C=O) groups excluding carboxylic acids is 1. The molecule has 0 radical (unpaired) electrons. The fourth-order valence-electron chi connectivity index (χ4n) is 2.30. The van der Waals surface area contributed by atoms with E-state index in [-0.39, 0.29) is 17.7 Å². The van der Waals surface area contributed by atoms with Crippen molar-refractivity contribution in [2.24, 2.45) is 5.41 Å². The Balaban J connectivity index is 2.24. The van der Waals surface area contributed by atoms with Gasteiger partial charge in [0.15, 0.2) is 0 Å². The van der Waals surface area contributed by atoms with Gasteiger partial charge in [-0.25, -0.2) is 0 Å². The lowest BCUT2D eigenvalue weighted by Gasteiger charge is -2.25. The molecule has 0 fully saturated rings. The van der Waals surface area contributed by atoms with Crippen LogP contribution in [0.3, 0.4) is 0 Å². The number of nitrogens with one attached hydrogen (secondary N) is 1. The minimum Gasteiger partial charge on any atom is -0.465 e. The molecular formula is C14H18N2O4. The summed E-state index contributed by atoms with van der Waals surface area (Å²) in [5, 5.41) is 14.0. The fourth-order valence-corrected chi connectivity index (χ4v) is 2.30. The number of ether oxygens (including phenoxy) is 1. The lowest BCUT2D eigenvalue weighted by atomic mass is 9.89.